The van der Waals surface area contributed by atoms with Gasteiger partial charge in [-0.2, -0.15) is 0 Å². The van der Waals surface area contributed by atoms with E-state index in [0.29, 0.717) is 0 Å². The summed E-state index contributed by atoms with van der Waals surface area (Å²) in [5.74, 6) is -1.10. The van der Waals surface area contributed by atoms with E-state index in [9.17, 15) is 4.79 Å². The fourth-order valence-electron chi connectivity index (χ4n) is 0.555. The first kappa shape index (κ1) is 9.10. The zero-order valence-electron chi connectivity index (χ0n) is 5.98. The number of aliphatic hydroxyl groups is 1. The number of nitrogens with zero attached hydrogens (tertiary/aromatic N) is 1. The van der Waals surface area contributed by atoms with Gasteiger partial charge in [0.05, 0.1) is 6.10 Å². The summed E-state index contributed by atoms with van der Waals surface area (Å²) in [7, 11) is 0. The van der Waals surface area contributed by atoms with Gasteiger partial charge in [-0.1, -0.05) is 0 Å². The van der Waals surface area contributed by atoms with Gasteiger partial charge in [0.25, 0.3) is 0 Å². The molecule has 0 fully saturated rings. The summed E-state index contributed by atoms with van der Waals surface area (Å²) in [5, 5.41) is 17.2. The second kappa shape index (κ2) is 4.00. The van der Waals surface area contributed by atoms with Crippen LogP contribution in [-0.4, -0.2) is 34.5 Å². The molecule has 0 aliphatic rings. The Bertz CT molecular complexity index is 142. The highest BCUT2D eigenvalue weighted by molar-refractivity contribution is 5.76. The molecule has 4 nitrogen and oxygen atoms in total. The van der Waals surface area contributed by atoms with Gasteiger partial charge in [-0.05, 0) is 20.1 Å². The van der Waals surface area contributed by atoms with Gasteiger partial charge < -0.3 is 10.2 Å². The van der Waals surface area contributed by atoms with Crippen molar-refractivity contribution in [2.75, 3.05) is 0 Å². The van der Waals surface area contributed by atoms with E-state index in [-0.39, 0.29) is 0 Å². The molecule has 0 heterocycles. The van der Waals surface area contributed by atoms with Crippen LogP contribution in [0.5, 0.6) is 0 Å². The van der Waals surface area contributed by atoms with Crippen LogP contribution < -0.4 is 0 Å². The Kier molecular flexibility index (Phi) is 3.64. The molecule has 0 radical (unpaired) electrons. The van der Waals surface area contributed by atoms with Crippen LogP contribution in [-0.2, 0) is 4.79 Å². The Hall–Kier alpha value is -0.900. The maximum absolute atomic E-state index is 10.3. The van der Waals surface area contributed by atoms with Crippen LogP contribution in [0.25, 0.3) is 0 Å². The molecular formula is C6H11NO3. The molecular weight excluding hydrogens is 134 g/mol. The fourth-order valence-corrected chi connectivity index (χ4v) is 0.555. The van der Waals surface area contributed by atoms with E-state index in [2.05, 4.69) is 4.99 Å². The van der Waals surface area contributed by atoms with Gasteiger partial charge in [0, 0.05) is 0 Å². The number of carboxylic acids is 1. The lowest BCUT2D eigenvalue weighted by atomic mass is 10.2. The molecule has 0 aliphatic heterocycles. The quantitative estimate of drug-likeness (QED) is 0.545. The number of carboxylic acid groups (broad SMARTS) is 1. The van der Waals surface area contributed by atoms with E-state index in [1.165, 1.54) is 13.1 Å². The van der Waals surface area contributed by atoms with Crippen LogP contribution in [0.4, 0.5) is 0 Å². The molecule has 0 spiro atoms. The number of carbonyl (C=O) groups is 1. The minimum atomic E-state index is -1.10. The first-order valence-corrected chi connectivity index (χ1v) is 2.98. The molecule has 0 aromatic rings. The Morgan fingerprint density at radius 3 is 2.30 bits per heavy atom. The van der Waals surface area contributed by atoms with E-state index in [0.717, 1.165) is 0 Å². The summed E-state index contributed by atoms with van der Waals surface area (Å²) in [6, 6.07) is -1.02. The van der Waals surface area contributed by atoms with Gasteiger partial charge in [-0.25, -0.2) is 4.79 Å². The van der Waals surface area contributed by atoms with Crippen molar-refractivity contribution < 1.29 is 15.0 Å². The largest absolute Gasteiger partial charge is 0.480 e. The van der Waals surface area contributed by atoms with E-state index in [4.69, 9.17) is 10.2 Å². The van der Waals surface area contributed by atoms with Crippen molar-refractivity contribution >= 4 is 12.2 Å². The third-order valence-electron chi connectivity index (χ3n) is 1.02. The molecule has 0 saturated heterocycles. The SMILES string of the molecule is CC=N[C@H](C(=O)O)[C@@H](C)O. The van der Waals surface area contributed by atoms with Gasteiger partial charge in [-0.3, -0.25) is 4.99 Å². The van der Waals surface area contributed by atoms with Crippen molar-refractivity contribution in [3.05, 3.63) is 0 Å². The van der Waals surface area contributed by atoms with Crippen LogP contribution in [0.2, 0.25) is 0 Å². The van der Waals surface area contributed by atoms with Gasteiger partial charge in [0.1, 0.15) is 0 Å². The topological polar surface area (TPSA) is 69.9 Å². The Balaban J connectivity index is 4.12. The number of hydrogen-bond donors (Lipinski definition) is 2. The van der Waals surface area contributed by atoms with Crippen LogP contribution in [0, 0.1) is 0 Å². The van der Waals surface area contributed by atoms with Crippen LogP contribution in [0.15, 0.2) is 4.99 Å². The predicted octanol–water partition coefficient (Wildman–Crippen LogP) is -0.0889. The highest BCUT2D eigenvalue weighted by atomic mass is 16.4. The smallest absolute Gasteiger partial charge is 0.331 e. The van der Waals surface area contributed by atoms with Crippen molar-refractivity contribution in [3.8, 4) is 0 Å². The molecule has 2 atom stereocenters. The van der Waals surface area contributed by atoms with Crippen LogP contribution in [0.1, 0.15) is 13.8 Å². The van der Waals surface area contributed by atoms with Crippen LogP contribution in [0.3, 0.4) is 0 Å². The average Bonchev–Trinajstić information content (AvgIpc) is 1.81. The van der Waals surface area contributed by atoms with E-state index < -0.39 is 18.1 Å². The highest BCUT2D eigenvalue weighted by Crippen LogP contribution is 1.97. The molecule has 0 aliphatic carbocycles. The van der Waals surface area contributed by atoms with Gasteiger partial charge >= 0.3 is 5.97 Å². The van der Waals surface area contributed by atoms with Gasteiger partial charge in [-0.15, -0.1) is 0 Å². The number of aliphatic carboxylic acids is 1. The molecule has 58 valence electrons. The lowest BCUT2D eigenvalue weighted by Gasteiger charge is -2.08. The average molecular weight is 145 g/mol. The highest BCUT2D eigenvalue weighted by Gasteiger charge is 2.20. The predicted molar refractivity (Wildman–Crippen MR) is 37.3 cm³/mol. The zero-order chi connectivity index (χ0) is 8.15. The summed E-state index contributed by atoms with van der Waals surface area (Å²) in [6.07, 6.45) is 0.430. The number of hydrogen-bond acceptors (Lipinski definition) is 3. The summed E-state index contributed by atoms with van der Waals surface area (Å²) in [6.45, 7) is 3.00. The molecule has 2 N–H and O–H groups in total. The Morgan fingerprint density at radius 1 is 1.70 bits per heavy atom. The summed E-state index contributed by atoms with van der Waals surface area (Å²) < 4.78 is 0. The molecule has 10 heavy (non-hydrogen) atoms. The van der Waals surface area contributed by atoms with Crippen LogP contribution >= 0.6 is 0 Å². The van der Waals surface area contributed by atoms with Crippen molar-refractivity contribution in [1.82, 2.24) is 0 Å². The van der Waals surface area contributed by atoms with Crippen molar-refractivity contribution in [3.63, 3.8) is 0 Å². The zero-order valence-corrected chi connectivity index (χ0v) is 5.98. The molecule has 0 aromatic carbocycles. The standard InChI is InChI=1S/C6H11NO3/c1-3-7-5(4(2)8)6(9)10/h3-5,8H,1-2H3,(H,9,10)/t4-,5+/m1/s1. The minimum Gasteiger partial charge on any atom is -0.480 e. The first-order valence-electron chi connectivity index (χ1n) is 2.98. The molecule has 0 amide bonds. The number of aliphatic imine (C=N–C) groups is 1. The van der Waals surface area contributed by atoms with Gasteiger partial charge in [0.2, 0.25) is 0 Å². The monoisotopic (exact) mass is 145 g/mol. The first-order chi connectivity index (χ1) is 4.59. The molecule has 0 rings (SSSR count). The molecule has 0 bridgehead atoms. The molecule has 0 saturated carbocycles. The van der Waals surface area contributed by atoms with Gasteiger partial charge in [0.15, 0.2) is 6.04 Å². The summed E-state index contributed by atoms with van der Waals surface area (Å²) in [5.41, 5.74) is 0. The van der Waals surface area contributed by atoms with E-state index in [1.54, 1.807) is 6.92 Å². The lowest BCUT2D eigenvalue weighted by molar-refractivity contribution is -0.140. The number of rotatable bonds is 3. The molecule has 4 heteroatoms. The minimum absolute atomic E-state index is 0.936. The maximum atomic E-state index is 10.3. The summed E-state index contributed by atoms with van der Waals surface area (Å²) in [4.78, 5) is 13.8. The van der Waals surface area contributed by atoms with Crippen molar-refractivity contribution in [2.45, 2.75) is 26.0 Å². The van der Waals surface area contributed by atoms with Crippen molar-refractivity contribution in [2.24, 2.45) is 4.99 Å². The second-order valence-corrected chi connectivity index (χ2v) is 1.93. The van der Waals surface area contributed by atoms with E-state index >= 15 is 0 Å². The third-order valence-corrected chi connectivity index (χ3v) is 1.02. The normalized spacial score (nSPS) is 17.1. The van der Waals surface area contributed by atoms with Crippen molar-refractivity contribution in [1.29, 1.82) is 0 Å². The fraction of sp³-hybridized carbons (Fsp3) is 0.667. The lowest BCUT2D eigenvalue weighted by Crippen LogP contribution is -2.29. The molecule has 0 aromatic heterocycles. The number of aliphatic hydroxyl groups excluding tert-OH is 1. The maximum Gasteiger partial charge on any atom is 0.331 e. The Labute approximate surface area is 59.2 Å². The summed E-state index contributed by atoms with van der Waals surface area (Å²) >= 11 is 0. The third kappa shape index (κ3) is 2.59. The van der Waals surface area contributed by atoms with E-state index in [1.807, 2.05) is 0 Å². The Morgan fingerprint density at radius 2 is 2.20 bits per heavy atom. The molecule has 0 unspecified atom stereocenters. The second-order valence-electron chi connectivity index (χ2n) is 1.93.